The fourth-order valence-electron chi connectivity index (χ4n) is 2.11. The summed E-state index contributed by atoms with van der Waals surface area (Å²) in [6.07, 6.45) is 1.59. The number of nitrogens with zero attached hydrogens (tertiary/aromatic N) is 2. The standard InChI is InChI=1S/C18H15ClN2O3S/c1-12-8-14(24-21-12)11-25-16-5-3-2-4-15(16)18(22)23-10-13-6-7-17(19)20-9-13/h2-9H,10-11H2,1H3. The van der Waals surface area contributed by atoms with Crippen LogP contribution in [0.25, 0.3) is 0 Å². The number of ether oxygens (including phenoxy) is 1. The highest BCUT2D eigenvalue weighted by Gasteiger charge is 2.14. The maximum Gasteiger partial charge on any atom is 0.339 e. The second-order valence-electron chi connectivity index (χ2n) is 5.28. The van der Waals surface area contributed by atoms with Crippen LogP contribution in [0.4, 0.5) is 0 Å². The number of esters is 1. The predicted octanol–water partition coefficient (Wildman–Crippen LogP) is 4.68. The van der Waals surface area contributed by atoms with Crippen molar-refractivity contribution >= 4 is 29.3 Å². The smallest absolute Gasteiger partial charge is 0.339 e. The number of carbonyl (C=O) groups is 1. The van der Waals surface area contributed by atoms with Gasteiger partial charge in [-0.15, -0.1) is 11.8 Å². The summed E-state index contributed by atoms with van der Waals surface area (Å²) >= 11 is 7.25. The van der Waals surface area contributed by atoms with Crippen molar-refractivity contribution in [2.24, 2.45) is 0 Å². The van der Waals surface area contributed by atoms with Gasteiger partial charge in [0.1, 0.15) is 17.5 Å². The molecule has 0 spiro atoms. The molecule has 0 saturated heterocycles. The molecule has 0 fully saturated rings. The van der Waals surface area contributed by atoms with Gasteiger partial charge in [0.05, 0.1) is 17.0 Å². The Labute approximate surface area is 154 Å². The lowest BCUT2D eigenvalue weighted by Gasteiger charge is -2.09. The van der Waals surface area contributed by atoms with Gasteiger partial charge in [-0.3, -0.25) is 0 Å². The van der Waals surface area contributed by atoms with E-state index >= 15 is 0 Å². The third-order valence-electron chi connectivity index (χ3n) is 3.31. The Bertz CT molecular complexity index is 865. The first-order chi connectivity index (χ1) is 12.1. The van der Waals surface area contributed by atoms with Gasteiger partial charge in [-0.05, 0) is 25.1 Å². The maximum absolute atomic E-state index is 12.4. The molecule has 0 aliphatic heterocycles. The van der Waals surface area contributed by atoms with E-state index in [1.54, 1.807) is 24.4 Å². The summed E-state index contributed by atoms with van der Waals surface area (Å²) in [5.74, 6) is 0.969. The van der Waals surface area contributed by atoms with Crippen molar-refractivity contribution in [1.29, 1.82) is 0 Å². The molecule has 0 atom stereocenters. The Kier molecular flexibility index (Phi) is 5.73. The van der Waals surface area contributed by atoms with Gasteiger partial charge >= 0.3 is 5.97 Å². The molecule has 0 saturated carbocycles. The topological polar surface area (TPSA) is 65.2 Å². The molecule has 2 aromatic heterocycles. The fraction of sp³-hybridized carbons (Fsp3) is 0.167. The van der Waals surface area contributed by atoms with Crippen molar-refractivity contribution in [3.8, 4) is 0 Å². The first-order valence-corrected chi connectivity index (χ1v) is 8.90. The van der Waals surface area contributed by atoms with Crippen LogP contribution in [0.3, 0.4) is 0 Å². The number of halogens is 1. The number of rotatable bonds is 6. The van der Waals surface area contributed by atoms with E-state index in [0.29, 0.717) is 16.5 Å². The molecule has 2 heterocycles. The van der Waals surface area contributed by atoms with Crippen molar-refractivity contribution in [1.82, 2.24) is 10.1 Å². The number of benzene rings is 1. The van der Waals surface area contributed by atoms with E-state index in [9.17, 15) is 4.79 Å². The number of carbonyl (C=O) groups excluding carboxylic acids is 1. The zero-order valence-electron chi connectivity index (χ0n) is 13.4. The molecule has 25 heavy (non-hydrogen) atoms. The van der Waals surface area contributed by atoms with Crippen molar-refractivity contribution in [2.45, 2.75) is 24.2 Å². The van der Waals surface area contributed by atoms with E-state index in [2.05, 4.69) is 10.1 Å². The molecular weight excluding hydrogens is 360 g/mol. The summed E-state index contributed by atoms with van der Waals surface area (Å²) in [7, 11) is 0. The Morgan fingerprint density at radius 2 is 2.12 bits per heavy atom. The van der Waals surface area contributed by atoms with Gasteiger partial charge in [-0.1, -0.05) is 35.0 Å². The summed E-state index contributed by atoms with van der Waals surface area (Å²) in [5, 5.41) is 4.26. The number of aryl methyl sites for hydroxylation is 1. The van der Waals surface area contributed by atoms with Gasteiger partial charge in [0.2, 0.25) is 0 Å². The number of hydrogen-bond acceptors (Lipinski definition) is 6. The minimum absolute atomic E-state index is 0.142. The zero-order chi connectivity index (χ0) is 17.6. The normalized spacial score (nSPS) is 10.6. The molecule has 0 unspecified atom stereocenters. The van der Waals surface area contributed by atoms with E-state index in [4.69, 9.17) is 20.9 Å². The third kappa shape index (κ3) is 4.84. The van der Waals surface area contributed by atoms with Gasteiger partial charge in [-0.25, -0.2) is 9.78 Å². The molecule has 7 heteroatoms. The molecule has 0 aliphatic carbocycles. The molecular formula is C18H15ClN2O3S. The minimum Gasteiger partial charge on any atom is -0.457 e. The van der Waals surface area contributed by atoms with Gasteiger partial charge in [0.15, 0.2) is 0 Å². The van der Waals surface area contributed by atoms with Crippen LogP contribution in [-0.4, -0.2) is 16.1 Å². The van der Waals surface area contributed by atoms with Gasteiger partial charge in [0, 0.05) is 22.7 Å². The summed E-state index contributed by atoms with van der Waals surface area (Å²) in [5.41, 5.74) is 2.13. The lowest BCUT2D eigenvalue weighted by Crippen LogP contribution is -2.06. The number of aromatic nitrogens is 2. The molecule has 128 valence electrons. The lowest BCUT2D eigenvalue weighted by molar-refractivity contribution is 0.0468. The van der Waals surface area contributed by atoms with Crippen LogP contribution in [0.5, 0.6) is 0 Å². The average Bonchev–Trinajstić information content (AvgIpc) is 3.05. The highest BCUT2D eigenvalue weighted by Crippen LogP contribution is 2.27. The zero-order valence-corrected chi connectivity index (χ0v) is 15.0. The van der Waals surface area contributed by atoms with Crippen molar-refractivity contribution in [3.63, 3.8) is 0 Å². The van der Waals surface area contributed by atoms with Crippen molar-refractivity contribution in [2.75, 3.05) is 0 Å². The molecule has 3 aromatic rings. The molecule has 0 amide bonds. The van der Waals surface area contributed by atoms with Crippen LogP contribution in [-0.2, 0) is 17.1 Å². The van der Waals surface area contributed by atoms with Crippen molar-refractivity contribution < 1.29 is 14.1 Å². The SMILES string of the molecule is Cc1cc(CSc2ccccc2C(=O)OCc2ccc(Cl)nc2)on1. The fourth-order valence-corrected chi connectivity index (χ4v) is 3.14. The van der Waals surface area contributed by atoms with Crippen LogP contribution in [0.15, 0.2) is 58.1 Å². The van der Waals surface area contributed by atoms with E-state index in [-0.39, 0.29) is 12.6 Å². The molecule has 0 bridgehead atoms. The lowest BCUT2D eigenvalue weighted by atomic mass is 10.2. The average molecular weight is 375 g/mol. The third-order valence-corrected chi connectivity index (χ3v) is 4.63. The first-order valence-electron chi connectivity index (χ1n) is 7.53. The minimum atomic E-state index is -0.383. The van der Waals surface area contributed by atoms with E-state index in [1.165, 1.54) is 11.8 Å². The summed E-state index contributed by atoms with van der Waals surface area (Å²) < 4.78 is 10.6. The van der Waals surface area contributed by atoms with Crippen LogP contribution < -0.4 is 0 Å². The predicted molar refractivity (Wildman–Crippen MR) is 95.6 cm³/mol. The van der Waals surface area contributed by atoms with Crippen molar-refractivity contribution in [3.05, 3.63) is 76.4 Å². The van der Waals surface area contributed by atoms with Gasteiger partial charge in [0.25, 0.3) is 0 Å². The number of thioether (sulfide) groups is 1. The molecule has 1 aromatic carbocycles. The Balaban J connectivity index is 1.64. The van der Waals surface area contributed by atoms with Crippen LogP contribution in [0.1, 0.15) is 27.4 Å². The second-order valence-corrected chi connectivity index (χ2v) is 6.69. The van der Waals surface area contributed by atoms with Gasteiger partial charge < -0.3 is 9.26 Å². The Hall–Kier alpha value is -2.31. The highest BCUT2D eigenvalue weighted by atomic mass is 35.5. The summed E-state index contributed by atoms with van der Waals surface area (Å²) in [6.45, 7) is 2.01. The van der Waals surface area contributed by atoms with E-state index < -0.39 is 0 Å². The van der Waals surface area contributed by atoms with Crippen LogP contribution >= 0.6 is 23.4 Å². The summed E-state index contributed by atoms with van der Waals surface area (Å²) in [6, 6.07) is 12.6. The molecule has 0 aliphatic rings. The Morgan fingerprint density at radius 1 is 1.28 bits per heavy atom. The van der Waals surface area contributed by atoms with E-state index in [0.717, 1.165) is 21.9 Å². The number of hydrogen-bond donors (Lipinski definition) is 0. The quantitative estimate of drug-likeness (QED) is 0.354. The van der Waals surface area contributed by atoms with Gasteiger partial charge in [-0.2, -0.15) is 0 Å². The number of pyridine rings is 1. The van der Waals surface area contributed by atoms with E-state index in [1.807, 2.05) is 31.2 Å². The maximum atomic E-state index is 12.4. The largest absolute Gasteiger partial charge is 0.457 e. The molecule has 0 N–H and O–H groups in total. The first kappa shape index (κ1) is 17.5. The summed E-state index contributed by atoms with van der Waals surface area (Å²) in [4.78, 5) is 17.2. The van der Waals surface area contributed by atoms with Crippen LogP contribution in [0, 0.1) is 6.92 Å². The molecule has 5 nitrogen and oxygen atoms in total. The second kappa shape index (κ2) is 8.18. The monoisotopic (exact) mass is 374 g/mol. The molecule has 3 rings (SSSR count). The van der Waals surface area contributed by atoms with Crippen LogP contribution in [0.2, 0.25) is 5.15 Å². The Morgan fingerprint density at radius 3 is 2.84 bits per heavy atom. The highest BCUT2D eigenvalue weighted by molar-refractivity contribution is 7.98. The molecule has 0 radical (unpaired) electrons.